The lowest BCUT2D eigenvalue weighted by Crippen LogP contribution is -2.44. The highest BCUT2D eigenvalue weighted by atomic mass is 16.5. The molecule has 1 atom stereocenters. The lowest BCUT2D eigenvalue weighted by molar-refractivity contribution is -0.133. The van der Waals surface area contributed by atoms with E-state index in [9.17, 15) is 4.79 Å². The van der Waals surface area contributed by atoms with Gasteiger partial charge in [0.05, 0.1) is 19.2 Å². The normalized spacial score (nSPS) is 26.8. The Bertz CT molecular complexity index is 246. The second-order valence-corrected chi connectivity index (χ2v) is 4.90. The summed E-state index contributed by atoms with van der Waals surface area (Å²) in [7, 11) is 1.90. The molecule has 2 heterocycles. The minimum absolute atomic E-state index is 0.224. The number of hydrogen-bond acceptors (Lipinski definition) is 4. The third kappa shape index (κ3) is 3.66. The fourth-order valence-electron chi connectivity index (χ4n) is 2.39. The van der Waals surface area contributed by atoms with E-state index < -0.39 is 0 Å². The number of rotatable bonds is 3. The highest BCUT2D eigenvalue weighted by Gasteiger charge is 2.25. The van der Waals surface area contributed by atoms with Crippen LogP contribution in [-0.4, -0.2) is 74.7 Å². The minimum Gasteiger partial charge on any atom is -0.379 e. The summed E-state index contributed by atoms with van der Waals surface area (Å²) in [6.07, 6.45) is 2.10. The van der Waals surface area contributed by atoms with E-state index in [1.807, 2.05) is 11.9 Å². The van der Waals surface area contributed by atoms with Crippen LogP contribution in [-0.2, 0) is 9.53 Å². The van der Waals surface area contributed by atoms with Gasteiger partial charge in [0.15, 0.2) is 0 Å². The molecule has 0 bridgehead atoms. The van der Waals surface area contributed by atoms with Gasteiger partial charge in [0.2, 0.25) is 5.91 Å². The van der Waals surface area contributed by atoms with Gasteiger partial charge in [0.25, 0.3) is 0 Å². The predicted molar refractivity (Wildman–Crippen MR) is 65.9 cm³/mol. The van der Waals surface area contributed by atoms with Gasteiger partial charge in [-0.05, 0) is 25.9 Å². The van der Waals surface area contributed by atoms with Crippen molar-refractivity contribution in [1.82, 2.24) is 15.1 Å². The van der Waals surface area contributed by atoms with Crippen molar-refractivity contribution in [3.63, 3.8) is 0 Å². The minimum atomic E-state index is 0.224. The molecular weight excluding hydrogens is 218 g/mol. The number of hydrogen-bond donors (Lipinski definition) is 1. The molecule has 5 nitrogen and oxygen atoms in total. The van der Waals surface area contributed by atoms with Gasteiger partial charge in [-0.1, -0.05) is 0 Å². The van der Waals surface area contributed by atoms with Crippen LogP contribution < -0.4 is 5.32 Å². The zero-order chi connectivity index (χ0) is 12.1. The quantitative estimate of drug-likeness (QED) is 0.725. The zero-order valence-electron chi connectivity index (χ0n) is 10.7. The summed E-state index contributed by atoms with van der Waals surface area (Å²) in [6.45, 7) is 6.09. The maximum absolute atomic E-state index is 12.1. The SMILES string of the molecule is CN(C(=O)CN1CCCNCC1)C1CCOC1. The number of carbonyl (C=O) groups is 1. The van der Waals surface area contributed by atoms with E-state index in [2.05, 4.69) is 10.2 Å². The summed E-state index contributed by atoms with van der Waals surface area (Å²) in [6, 6.07) is 0.285. The molecular formula is C12H23N3O2. The average Bonchev–Trinajstić information content (AvgIpc) is 2.74. The Morgan fingerprint density at radius 2 is 2.35 bits per heavy atom. The van der Waals surface area contributed by atoms with Gasteiger partial charge in [0.1, 0.15) is 0 Å². The molecule has 1 N–H and O–H groups in total. The van der Waals surface area contributed by atoms with Crippen LogP contribution in [0.5, 0.6) is 0 Å². The number of ether oxygens (including phenoxy) is 1. The molecule has 2 rings (SSSR count). The van der Waals surface area contributed by atoms with Crippen LogP contribution >= 0.6 is 0 Å². The Labute approximate surface area is 103 Å². The molecule has 2 aliphatic heterocycles. The van der Waals surface area contributed by atoms with E-state index >= 15 is 0 Å². The lowest BCUT2D eigenvalue weighted by atomic mass is 10.2. The Kier molecular flexibility index (Phi) is 4.76. The van der Waals surface area contributed by atoms with Gasteiger partial charge in [-0.15, -0.1) is 0 Å². The molecule has 2 fully saturated rings. The standard InChI is InChI=1S/C12H23N3O2/c1-14(11-3-8-17-10-11)12(16)9-15-6-2-4-13-5-7-15/h11,13H,2-10H2,1H3. The van der Waals surface area contributed by atoms with Crippen molar-refractivity contribution >= 4 is 5.91 Å². The molecule has 98 valence electrons. The van der Waals surface area contributed by atoms with Crippen molar-refractivity contribution in [3.8, 4) is 0 Å². The molecule has 1 unspecified atom stereocenters. The van der Waals surface area contributed by atoms with Crippen molar-refractivity contribution in [2.75, 3.05) is 53.0 Å². The van der Waals surface area contributed by atoms with Crippen LogP contribution in [0.1, 0.15) is 12.8 Å². The fourth-order valence-corrected chi connectivity index (χ4v) is 2.39. The zero-order valence-corrected chi connectivity index (χ0v) is 10.7. The average molecular weight is 241 g/mol. The van der Waals surface area contributed by atoms with Crippen molar-refractivity contribution in [1.29, 1.82) is 0 Å². The van der Waals surface area contributed by atoms with Gasteiger partial charge < -0.3 is 15.0 Å². The highest BCUT2D eigenvalue weighted by molar-refractivity contribution is 5.78. The molecule has 2 aliphatic rings. The first-order chi connectivity index (χ1) is 8.27. The Hall–Kier alpha value is -0.650. The maximum Gasteiger partial charge on any atom is 0.236 e. The summed E-state index contributed by atoms with van der Waals surface area (Å²) in [5.74, 6) is 0.224. The smallest absolute Gasteiger partial charge is 0.236 e. The molecule has 0 saturated carbocycles. The van der Waals surface area contributed by atoms with E-state index in [0.717, 1.165) is 45.6 Å². The van der Waals surface area contributed by atoms with Gasteiger partial charge in [-0.3, -0.25) is 9.69 Å². The van der Waals surface area contributed by atoms with E-state index in [0.29, 0.717) is 13.2 Å². The van der Waals surface area contributed by atoms with Gasteiger partial charge in [0, 0.05) is 26.7 Å². The van der Waals surface area contributed by atoms with Crippen LogP contribution in [0.4, 0.5) is 0 Å². The Morgan fingerprint density at radius 1 is 1.47 bits per heavy atom. The summed E-state index contributed by atoms with van der Waals surface area (Å²) >= 11 is 0. The topological polar surface area (TPSA) is 44.8 Å². The van der Waals surface area contributed by atoms with E-state index in [-0.39, 0.29) is 11.9 Å². The molecule has 5 heteroatoms. The van der Waals surface area contributed by atoms with Crippen LogP contribution in [0.15, 0.2) is 0 Å². The van der Waals surface area contributed by atoms with Crippen molar-refractivity contribution < 1.29 is 9.53 Å². The number of amides is 1. The third-order valence-corrected chi connectivity index (χ3v) is 3.64. The number of nitrogens with zero attached hydrogens (tertiary/aromatic N) is 2. The summed E-state index contributed by atoms with van der Waals surface area (Å²) < 4.78 is 5.32. The molecule has 1 amide bonds. The third-order valence-electron chi connectivity index (χ3n) is 3.64. The second-order valence-electron chi connectivity index (χ2n) is 4.90. The van der Waals surface area contributed by atoms with Crippen molar-refractivity contribution in [2.45, 2.75) is 18.9 Å². The first-order valence-corrected chi connectivity index (χ1v) is 6.54. The number of carbonyl (C=O) groups excluding carboxylic acids is 1. The first kappa shape index (κ1) is 12.8. The molecule has 0 aromatic carbocycles. The molecule has 0 spiro atoms. The molecule has 2 saturated heterocycles. The van der Waals surface area contributed by atoms with Crippen LogP contribution in [0, 0.1) is 0 Å². The Balaban J connectivity index is 1.78. The predicted octanol–water partition coefficient (Wildman–Crippen LogP) is -0.471. The van der Waals surface area contributed by atoms with Gasteiger partial charge in [-0.25, -0.2) is 0 Å². The number of nitrogens with one attached hydrogen (secondary N) is 1. The monoisotopic (exact) mass is 241 g/mol. The second kappa shape index (κ2) is 6.33. The van der Waals surface area contributed by atoms with E-state index in [1.165, 1.54) is 0 Å². The molecule has 0 aromatic heterocycles. The lowest BCUT2D eigenvalue weighted by Gasteiger charge is -2.27. The van der Waals surface area contributed by atoms with Crippen molar-refractivity contribution in [2.24, 2.45) is 0 Å². The highest BCUT2D eigenvalue weighted by Crippen LogP contribution is 2.11. The van der Waals surface area contributed by atoms with Gasteiger partial charge in [-0.2, -0.15) is 0 Å². The molecule has 0 aliphatic carbocycles. The Morgan fingerprint density at radius 3 is 3.12 bits per heavy atom. The fraction of sp³-hybridized carbons (Fsp3) is 0.917. The summed E-state index contributed by atoms with van der Waals surface area (Å²) in [4.78, 5) is 16.2. The van der Waals surface area contributed by atoms with Crippen LogP contribution in [0.2, 0.25) is 0 Å². The number of likely N-dealkylation sites (N-methyl/N-ethyl adjacent to an activating group) is 1. The van der Waals surface area contributed by atoms with Crippen LogP contribution in [0.3, 0.4) is 0 Å². The molecule has 0 radical (unpaired) electrons. The largest absolute Gasteiger partial charge is 0.379 e. The molecule has 0 aromatic rings. The van der Waals surface area contributed by atoms with Crippen molar-refractivity contribution in [3.05, 3.63) is 0 Å². The molecule has 17 heavy (non-hydrogen) atoms. The summed E-state index contributed by atoms with van der Waals surface area (Å²) in [5.41, 5.74) is 0. The van der Waals surface area contributed by atoms with E-state index in [1.54, 1.807) is 0 Å². The van der Waals surface area contributed by atoms with Gasteiger partial charge >= 0.3 is 0 Å². The first-order valence-electron chi connectivity index (χ1n) is 6.54. The van der Waals surface area contributed by atoms with Crippen LogP contribution in [0.25, 0.3) is 0 Å². The maximum atomic E-state index is 12.1. The summed E-state index contributed by atoms with van der Waals surface area (Å²) in [5, 5.41) is 3.35. The van der Waals surface area contributed by atoms with E-state index in [4.69, 9.17) is 4.74 Å².